The molecule has 0 unspecified atom stereocenters. The van der Waals surface area contributed by atoms with E-state index >= 15 is 0 Å². The maximum absolute atomic E-state index is 14.4. The predicted octanol–water partition coefficient (Wildman–Crippen LogP) is 5.20. The molecule has 1 aromatic heterocycles. The van der Waals surface area contributed by atoms with Gasteiger partial charge in [-0.1, -0.05) is 23.7 Å². The maximum atomic E-state index is 14.4. The van der Waals surface area contributed by atoms with E-state index < -0.39 is 46.6 Å². The number of hydrogen-bond acceptors (Lipinski definition) is 4. The maximum Gasteiger partial charge on any atom is 0.416 e. The second kappa shape index (κ2) is 9.78. The van der Waals surface area contributed by atoms with Crippen LogP contribution in [0.2, 0.25) is 5.02 Å². The molecule has 2 N–H and O–H groups in total. The van der Waals surface area contributed by atoms with Crippen molar-refractivity contribution in [2.24, 2.45) is 0 Å². The minimum Gasteiger partial charge on any atom is -0.334 e. The number of amides is 2. The van der Waals surface area contributed by atoms with E-state index in [0.29, 0.717) is 5.02 Å². The van der Waals surface area contributed by atoms with Crippen molar-refractivity contribution in [3.05, 3.63) is 82.6 Å². The van der Waals surface area contributed by atoms with Crippen LogP contribution in [-0.4, -0.2) is 36.7 Å². The molecule has 0 fully saturated rings. The molecule has 1 aliphatic carbocycles. The molecule has 3 aromatic rings. The number of aromatic nitrogens is 2. The Balaban J connectivity index is 1.56. The van der Waals surface area contributed by atoms with Gasteiger partial charge in [-0.05, 0) is 48.0 Å². The number of benzene rings is 2. The van der Waals surface area contributed by atoms with Crippen LogP contribution in [0.1, 0.15) is 23.2 Å². The van der Waals surface area contributed by atoms with Crippen LogP contribution in [0.4, 0.5) is 26.7 Å². The topological polar surface area (TPSA) is 93.1 Å². The van der Waals surface area contributed by atoms with E-state index in [2.05, 4.69) is 10.4 Å². The number of nitrogens with one attached hydrogen (secondary N) is 2. The van der Waals surface area contributed by atoms with Gasteiger partial charge in [-0.2, -0.15) is 18.3 Å². The number of sulfonamides is 1. The highest BCUT2D eigenvalue weighted by Gasteiger charge is 2.39. The summed E-state index contributed by atoms with van der Waals surface area (Å²) in [6, 6.07) is 8.21. The minimum absolute atomic E-state index is 0.0203. The fourth-order valence-corrected chi connectivity index (χ4v) is 4.89. The highest BCUT2D eigenvalue weighted by molar-refractivity contribution is 7.90. The number of hydrogen-bond donors (Lipinski definition) is 2. The third kappa shape index (κ3) is 6.10. The summed E-state index contributed by atoms with van der Waals surface area (Å²) in [5, 5.41) is 6.57. The first-order chi connectivity index (χ1) is 17.2. The number of rotatable bonds is 5. The minimum atomic E-state index is -4.61. The van der Waals surface area contributed by atoms with Crippen LogP contribution in [-0.2, 0) is 22.6 Å². The van der Waals surface area contributed by atoms with Crippen LogP contribution >= 0.6 is 11.6 Å². The Morgan fingerprint density at radius 2 is 1.84 bits per heavy atom. The molecule has 0 atom stereocenters. The number of alkyl halides is 5. The lowest BCUT2D eigenvalue weighted by Crippen LogP contribution is -2.39. The molecule has 14 heteroatoms. The van der Waals surface area contributed by atoms with Gasteiger partial charge < -0.3 is 5.32 Å². The number of halogens is 6. The van der Waals surface area contributed by atoms with Crippen molar-refractivity contribution < 1.29 is 35.2 Å². The third-order valence-corrected chi connectivity index (χ3v) is 7.03. The van der Waals surface area contributed by atoms with Crippen LogP contribution in [0.25, 0.3) is 11.3 Å². The number of fused-ring (bicyclic) bond motifs is 1. The van der Waals surface area contributed by atoms with E-state index in [1.54, 1.807) is 4.72 Å². The molecule has 196 valence electrons. The molecule has 0 radical (unpaired) electrons. The Morgan fingerprint density at radius 3 is 2.51 bits per heavy atom. The van der Waals surface area contributed by atoms with Gasteiger partial charge >= 0.3 is 12.2 Å². The molecule has 0 saturated carbocycles. The highest BCUT2D eigenvalue weighted by atomic mass is 35.5. The summed E-state index contributed by atoms with van der Waals surface area (Å²) in [5.74, 6) is -3.15. The number of nitrogens with zero attached hydrogens (tertiary/aromatic N) is 2. The van der Waals surface area contributed by atoms with Crippen LogP contribution < -0.4 is 10.0 Å². The Kier molecular flexibility index (Phi) is 7.04. The zero-order valence-corrected chi connectivity index (χ0v) is 20.3. The monoisotopic (exact) mass is 560 g/mol. The first-order valence-corrected chi connectivity index (χ1v) is 12.5. The fourth-order valence-electron chi connectivity index (χ4n) is 3.83. The van der Waals surface area contributed by atoms with Crippen molar-refractivity contribution in [2.45, 2.75) is 29.8 Å². The molecule has 1 aliphatic rings. The summed E-state index contributed by atoms with van der Waals surface area (Å²) >= 11 is 5.72. The van der Waals surface area contributed by atoms with Crippen molar-refractivity contribution in [2.75, 3.05) is 6.54 Å². The molecule has 0 aliphatic heterocycles. The first kappa shape index (κ1) is 26.6. The fraction of sp³-hybridized carbons (Fsp3) is 0.217. The molecular formula is C23H18ClF5N4O3S. The van der Waals surface area contributed by atoms with Gasteiger partial charge in [0, 0.05) is 30.0 Å². The molecule has 0 spiro atoms. The Hall–Kier alpha value is -3.45. The average molecular weight is 561 g/mol. The average Bonchev–Trinajstić information content (AvgIpc) is 3.21. The van der Waals surface area contributed by atoms with Crippen LogP contribution in [0, 0.1) is 0 Å². The Labute approximate surface area is 213 Å². The number of carbonyl (C=O) groups excluding carboxylic acids is 1. The highest BCUT2D eigenvalue weighted by Crippen LogP contribution is 2.41. The van der Waals surface area contributed by atoms with Gasteiger partial charge in [0.2, 0.25) is 0 Å². The molecular weight excluding hydrogens is 543 g/mol. The van der Waals surface area contributed by atoms with Gasteiger partial charge in [0.25, 0.3) is 15.9 Å². The number of urea groups is 1. The van der Waals surface area contributed by atoms with Crippen molar-refractivity contribution in [1.29, 1.82) is 0 Å². The zero-order valence-electron chi connectivity index (χ0n) is 18.7. The van der Waals surface area contributed by atoms with Gasteiger partial charge in [0.05, 0.1) is 28.0 Å². The van der Waals surface area contributed by atoms with Crippen molar-refractivity contribution in [3.8, 4) is 5.69 Å². The molecule has 2 amide bonds. The van der Waals surface area contributed by atoms with E-state index in [1.807, 2.05) is 0 Å². The first-order valence-electron chi connectivity index (χ1n) is 10.6. The van der Waals surface area contributed by atoms with E-state index in [-0.39, 0.29) is 34.0 Å². The lowest BCUT2D eigenvalue weighted by Gasteiger charge is -2.25. The number of carbonyl (C=O) groups is 1. The summed E-state index contributed by atoms with van der Waals surface area (Å²) in [4.78, 5) is 11.9. The van der Waals surface area contributed by atoms with E-state index in [0.717, 1.165) is 23.0 Å². The zero-order chi connectivity index (χ0) is 27.0. The van der Waals surface area contributed by atoms with Crippen LogP contribution in [0.3, 0.4) is 0 Å². The molecule has 0 saturated heterocycles. The second-order valence-corrected chi connectivity index (χ2v) is 10.3. The normalized spacial score (nSPS) is 16.3. The van der Waals surface area contributed by atoms with Gasteiger partial charge in [-0.15, -0.1) is 0 Å². The Bertz CT molecular complexity index is 1470. The molecule has 0 bridgehead atoms. The summed E-state index contributed by atoms with van der Waals surface area (Å²) in [7, 11) is -4.22. The van der Waals surface area contributed by atoms with E-state index in [9.17, 15) is 35.2 Å². The van der Waals surface area contributed by atoms with Crippen LogP contribution in [0.15, 0.2) is 65.7 Å². The molecule has 1 heterocycles. The van der Waals surface area contributed by atoms with E-state index in [1.165, 1.54) is 42.5 Å². The summed E-state index contributed by atoms with van der Waals surface area (Å²) in [6.45, 7) is -0.347. The Morgan fingerprint density at radius 1 is 1.14 bits per heavy atom. The smallest absolute Gasteiger partial charge is 0.334 e. The number of allylic oxidation sites excluding steroid dienone is 1. The van der Waals surface area contributed by atoms with E-state index in [4.69, 9.17) is 11.6 Å². The largest absolute Gasteiger partial charge is 0.416 e. The van der Waals surface area contributed by atoms with Gasteiger partial charge in [0.1, 0.15) is 0 Å². The SMILES string of the molecule is O=C(NC/C=C1\CC(F)(F)Cc2cnn(-c3cccc(C(F)(F)F)c3)c21)NS(=O)(=O)c1ccc(Cl)cc1. The van der Waals surface area contributed by atoms with Crippen molar-refractivity contribution in [3.63, 3.8) is 0 Å². The van der Waals surface area contributed by atoms with Crippen molar-refractivity contribution >= 4 is 33.2 Å². The third-order valence-electron chi connectivity index (χ3n) is 5.43. The quantitative estimate of drug-likeness (QED) is 0.420. The summed E-state index contributed by atoms with van der Waals surface area (Å²) < 4.78 is 95.8. The molecule has 2 aromatic carbocycles. The predicted molar refractivity (Wildman–Crippen MR) is 125 cm³/mol. The second-order valence-electron chi connectivity index (χ2n) is 8.19. The summed E-state index contributed by atoms with van der Waals surface area (Å²) in [5.41, 5.74) is -0.578. The molecule has 7 nitrogen and oxygen atoms in total. The lowest BCUT2D eigenvalue weighted by atomic mass is 9.89. The van der Waals surface area contributed by atoms with Gasteiger partial charge in [-0.3, -0.25) is 0 Å². The standard InChI is InChI=1S/C23H18ClF5N4O3S/c24-17-4-6-19(7-5-17)37(35,36)32-21(34)30-9-8-14-11-22(25,26)12-15-13-31-33(20(14)15)18-3-1-2-16(10-18)23(27,28)29/h1-8,10,13H,9,11-12H2,(H2,30,32,34)/b14-8+. The van der Waals surface area contributed by atoms with Crippen LogP contribution in [0.5, 0.6) is 0 Å². The van der Waals surface area contributed by atoms with Gasteiger partial charge in [-0.25, -0.2) is 31.4 Å². The van der Waals surface area contributed by atoms with Crippen molar-refractivity contribution in [1.82, 2.24) is 19.8 Å². The molecule has 37 heavy (non-hydrogen) atoms. The molecule has 4 rings (SSSR count). The van der Waals surface area contributed by atoms with Gasteiger partial charge in [0.15, 0.2) is 0 Å². The summed E-state index contributed by atoms with van der Waals surface area (Å²) in [6.07, 6.45) is -3.62. The lowest BCUT2D eigenvalue weighted by molar-refractivity contribution is -0.137.